The molecule has 2 saturated heterocycles. The fraction of sp³-hybridized carbons (Fsp3) is 0.375. The predicted octanol–water partition coefficient (Wildman–Crippen LogP) is 6.66. The average Bonchev–Trinajstić information content (AvgIpc) is 3.09. The van der Waals surface area contributed by atoms with Crippen LogP contribution in [0.25, 0.3) is 11.1 Å². The first kappa shape index (κ1) is 22.4. The summed E-state index contributed by atoms with van der Waals surface area (Å²) in [6.45, 7) is 4.70. The Morgan fingerprint density at radius 1 is 0.771 bits per heavy atom. The Morgan fingerprint density at radius 3 is 2.31 bits per heavy atom. The van der Waals surface area contributed by atoms with Crippen molar-refractivity contribution in [3.63, 3.8) is 0 Å². The minimum atomic E-state index is 0.359. The zero-order valence-corrected chi connectivity index (χ0v) is 20.6. The second-order valence-electron chi connectivity index (χ2n) is 10.7. The van der Waals surface area contributed by atoms with E-state index in [1.165, 1.54) is 77.9 Å². The highest BCUT2D eigenvalue weighted by Gasteiger charge is 2.35. The van der Waals surface area contributed by atoms with Crippen molar-refractivity contribution in [2.24, 2.45) is 5.41 Å². The summed E-state index contributed by atoms with van der Waals surface area (Å²) in [6.07, 6.45) is 8.42. The number of allylic oxidation sites excluding steroid dienone is 1. The topological polar surface area (TPSA) is 35.5 Å². The Labute approximate surface area is 209 Å². The quantitative estimate of drug-likeness (QED) is 0.455. The van der Waals surface area contributed by atoms with E-state index in [0.29, 0.717) is 11.2 Å². The third-order valence-corrected chi connectivity index (χ3v) is 8.56. The molecular weight excluding hydrogens is 428 g/mol. The van der Waals surface area contributed by atoms with Gasteiger partial charge in [0.15, 0.2) is 0 Å². The second kappa shape index (κ2) is 9.54. The number of aryl methyl sites for hydroxylation is 1. The van der Waals surface area contributed by atoms with Crippen molar-refractivity contribution >= 4 is 16.8 Å². The van der Waals surface area contributed by atoms with E-state index in [2.05, 4.69) is 70.9 Å². The fourth-order valence-electron chi connectivity index (χ4n) is 6.57. The summed E-state index contributed by atoms with van der Waals surface area (Å²) in [5.74, 6) is 0.359. The first-order valence-electron chi connectivity index (χ1n) is 13.4. The summed E-state index contributed by atoms with van der Waals surface area (Å²) in [5, 5.41) is 13.8. The molecule has 2 N–H and O–H groups in total. The van der Waals surface area contributed by atoms with Crippen LogP contribution in [0.1, 0.15) is 60.8 Å². The van der Waals surface area contributed by atoms with Gasteiger partial charge in [-0.15, -0.1) is 0 Å². The maximum Gasteiger partial charge on any atom is 0.115 e. The van der Waals surface area contributed by atoms with E-state index in [4.69, 9.17) is 0 Å². The van der Waals surface area contributed by atoms with E-state index in [9.17, 15) is 5.11 Å². The molecular formula is C32H36N2O. The highest BCUT2D eigenvalue weighted by atomic mass is 16.3. The molecule has 0 bridgehead atoms. The normalized spacial score (nSPS) is 19.9. The van der Waals surface area contributed by atoms with Crippen molar-refractivity contribution in [1.29, 1.82) is 0 Å². The molecule has 3 aromatic carbocycles. The van der Waals surface area contributed by atoms with Gasteiger partial charge in [0.25, 0.3) is 0 Å². The Balaban J connectivity index is 1.33. The van der Waals surface area contributed by atoms with Crippen molar-refractivity contribution in [2.75, 3.05) is 31.1 Å². The molecule has 1 aliphatic carbocycles. The molecule has 3 aromatic rings. The number of benzene rings is 3. The monoisotopic (exact) mass is 464 g/mol. The molecule has 3 aliphatic rings. The average molecular weight is 465 g/mol. The van der Waals surface area contributed by atoms with Crippen LogP contribution in [0, 0.1) is 5.41 Å². The molecule has 2 aliphatic heterocycles. The number of anilines is 1. The van der Waals surface area contributed by atoms with Crippen LogP contribution in [0.15, 0.2) is 72.8 Å². The van der Waals surface area contributed by atoms with Gasteiger partial charge in [-0.2, -0.15) is 0 Å². The SMILES string of the molecule is Oc1ccc2c(c1)CCCC(c1ccccc1)=C2c1ccc(N2CCC3(CCCNC3)CC2)cc1. The summed E-state index contributed by atoms with van der Waals surface area (Å²) in [7, 11) is 0. The molecule has 0 atom stereocenters. The Hall–Kier alpha value is -3.04. The van der Waals surface area contributed by atoms with Gasteiger partial charge in [0, 0.05) is 25.3 Å². The number of phenols is 1. The molecule has 3 nitrogen and oxygen atoms in total. The lowest BCUT2D eigenvalue weighted by atomic mass is 9.73. The van der Waals surface area contributed by atoms with Crippen molar-refractivity contribution in [2.45, 2.75) is 44.9 Å². The number of nitrogens with one attached hydrogen (secondary N) is 1. The maximum absolute atomic E-state index is 10.2. The predicted molar refractivity (Wildman–Crippen MR) is 146 cm³/mol. The lowest BCUT2D eigenvalue weighted by Crippen LogP contribution is -2.48. The number of piperidine rings is 2. The van der Waals surface area contributed by atoms with Crippen molar-refractivity contribution < 1.29 is 5.11 Å². The highest BCUT2D eigenvalue weighted by molar-refractivity contribution is 6.00. The lowest BCUT2D eigenvalue weighted by Gasteiger charge is -2.45. The van der Waals surface area contributed by atoms with Crippen LogP contribution in [-0.2, 0) is 6.42 Å². The number of nitrogens with zero attached hydrogens (tertiary/aromatic N) is 1. The first-order chi connectivity index (χ1) is 17.2. The second-order valence-corrected chi connectivity index (χ2v) is 10.7. The number of rotatable bonds is 3. The largest absolute Gasteiger partial charge is 0.508 e. The van der Waals surface area contributed by atoms with Gasteiger partial charge < -0.3 is 15.3 Å². The molecule has 0 unspecified atom stereocenters. The standard InChI is InChI=1S/C32H36N2O/c35-28-14-15-30-26(22-28)8-4-9-29(24-6-2-1-3-7-24)31(30)25-10-12-27(13-11-25)34-20-17-32(18-21-34)16-5-19-33-23-32/h1-3,6-7,10-15,22,33,35H,4-5,8-9,16-21,23H2. The zero-order chi connectivity index (χ0) is 23.7. The highest BCUT2D eigenvalue weighted by Crippen LogP contribution is 2.42. The molecule has 0 amide bonds. The minimum Gasteiger partial charge on any atom is -0.508 e. The molecule has 0 radical (unpaired) electrons. The van der Waals surface area contributed by atoms with E-state index < -0.39 is 0 Å². The van der Waals surface area contributed by atoms with E-state index >= 15 is 0 Å². The Bertz CT molecular complexity index is 1200. The first-order valence-corrected chi connectivity index (χ1v) is 13.4. The Kier molecular flexibility index (Phi) is 6.12. The van der Waals surface area contributed by atoms with Gasteiger partial charge in [0.05, 0.1) is 0 Å². The number of phenolic OH excluding ortho intramolecular Hbond substituents is 1. The summed E-state index contributed by atoms with van der Waals surface area (Å²) < 4.78 is 0. The summed E-state index contributed by atoms with van der Waals surface area (Å²) in [6, 6.07) is 26.0. The third-order valence-electron chi connectivity index (χ3n) is 8.56. The van der Waals surface area contributed by atoms with Crippen LogP contribution in [-0.4, -0.2) is 31.3 Å². The van der Waals surface area contributed by atoms with Gasteiger partial charge in [0.2, 0.25) is 0 Å². The minimum absolute atomic E-state index is 0.359. The van der Waals surface area contributed by atoms with Gasteiger partial charge in [-0.25, -0.2) is 0 Å². The third kappa shape index (κ3) is 4.50. The van der Waals surface area contributed by atoms with Crippen LogP contribution in [0.5, 0.6) is 5.75 Å². The summed E-state index contributed by atoms with van der Waals surface area (Å²) in [5.41, 5.74) is 9.68. The van der Waals surface area contributed by atoms with Crippen LogP contribution >= 0.6 is 0 Å². The molecule has 180 valence electrons. The molecule has 0 aromatic heterocycles. The van der Waals surface area contributed by atoms with Gasteiger partial charge in [-0.1, -0.05) is 48.5 Å². The maximum atomic E-state index is 10.2. The van der Waals surface area contributed by atoms with E-state index in [1.54, 1.807) is 0 Å². The van der Waals surface area contributed by atoms with Crippen LogP contribution in [0.2, 0.25) is 0 Å². The number of hydrogen-bond donors (Lipinski definition) is 2. The van der Waals surface area contributed by atoms with Crippen LogP contribution in [0.3, 0.4) is 0 Å². The molecule has 2 fully saturated rings. The van der Waals surface area contributed by atoms with Crippen molar-refractivity contribution in [1.82, 2.24) is 5.32 Å². The van der Waals surface area contributed by atoms with Gasteiger partial charge >= 0.3 is 0 Å². The van der Waals surface area contributed by atoms with E-state index in [0.717, 1.165) is 32.4 Å². The van der Waals surface area contributed by atoms with E-state index in [-0.39, 0.29) is 0 Å². The molecule has 1 spiro atoms. The molecule has 6 rings (SSSR count). The lowest BCUT2D eigenvalue weighted by molar-refractivity contribution is 0.161. The van der Waals surface area contributed by atoms with Gasteiger partial charge in [-0.3, -0.25) is 0 Å². The Morgan fingerprint density at radius 2 is 1.57 bits per heavy atom. The number of aromatic hydroxyl groups is 1. The van der Waals surface area contributed by atoms with Gasteiger partial charge in [-0.05, 0) is 115 Å². The van der Waals surface area contributed by atoms with Crippen LogP contribution in [0.4, 0.5) is 5.69 Å². The fourth-order valence-corrected chi connectivity index (χ4v) is 6.57. The van der Waals surface area contributed by atoms with Crippen LogP contribution < -0.4 is 10.2 Å². The molecule has 0 saturated carbocycles. The van der Waals surface area contributed by atoms with Crippen molar-refractivity contribution in [3.8, 4) is 5.75 Å². The molecule has 2 heterocycles. The summed E-state index contributed by atoms with van der Waals surface area (Å²) >= 11 is 0. The smallest absolute Gasteiger partial charge is 0.115 e. The van der Waals surface area contributed by atoms with E-state index in [1.807, 2.05) is 12.1 Å². The number of hydrogen-bond acceptors (Lipinski definition) is 3. The zero-order valence-electron chi connectivity index (χ0n) is 20.6. The molecule has 35 heavy (non-hydrogen) atoms. The molecule has 3 heteroatoms. The number of fused-ring (bicyclic) bond motifs is 1. The summed E-state index contributed by atoms with van der Waals surface area (Å²) in [4.78, 5) is 2.58. The van der Waals surface area contributed by atoms with Crippen molar-refractivity contribution in [3.05, 3.63) is 95.1 Å². The van der Waals surface area contributed by atoms with Gasteiger partial charge in [0.1, 0.15) is 5.75 Å².